The molecule has 0 amide bonds. The molecular formula is C14H28N2O2. The molecule has 0 aromatic heterocycles. The van der Waals surface area contributed by atoms with Gasteiger partial charge in [0.2, 0.25) is 0 Å². The van der Waals surface area contributed by atoms with Crippen molar-refractivity contribution in [3.63, 3.8) is 0 Å². The van der Waals surface area contributed by atoms with Gasteiger partial charge in [-0.25, -0.2) is 0 Å². The van der Waals surface area contributed by atoms with Crippen molar-refractivity contribution in [3.8, 4) is 0 Å². The molecule has 0 aromatic rings. The van der Waals surface area contributed by atoms with Gasteiger partial charge in [0.05, 0.1) is 0 Å². The summed E-state index contributed by atoms with van der Waals surface area (Å²) < 4.78 is 0. The van der Waals surface area contributed by atoms with E-state index in [1.165, 1.54) is 19.4 Å². The van der Waals surface area contributed by atoms with Gasteiger partial charge in [-0.3, -0.25) is 4.79 Å². The van der Waals surface area contributed by atoms with Gasteiger partial charge < -0.3 is 15.3 Å². The minimum absolute atomic E-state index is 0.694. The molecule has 1 fully saturated rings. The van der Waals surface area contributed by atoms with Crippen LogP contribution in [-0.4, -0.2) is 48.2 Å². The molecule has 0 aliphatic heterocycles. The van der Waals surface area contributed by atoms with E-state index in [-0.39, 0.29) is 0 Å². The van der Waals surface area contributed by atoms with Crippen LogP contribution in [0.1, 0.15) is 46.0 Å². The summed E-state index contributed by atoms with van der Waals surface area (Å²) >= 11 is 0. The van der Waals surface area contributed by atoms with Crippen molar-refractivity contribution in [2.24, 2.45) is 5.92 Å². The molecule has 4 nitrogen and oxygen atoms in total. The van der Waals surface area contributed by atoms with Crippen LogP contribution in [0.2, 0.25) is 0 Å². The summed E-state index contributed by atoms with van der Waals surface area (Å²) in [4.78, 5) is 13.6. The third-order valence-electron chi connectivity index (χ3n) is 4.09. The quantitative estimate of drug-likeness (QED) is 0.587. The summed E-state index contributed by atoms with van der Waals surface area (Å²) in [5.74, 6) is 0.182. The third-order valence-corrected chi connectivity index (χ3v) is 4.09. The molecule has 1 atom stereocenters. The SMILES string of the molecule is CCN(CCCCC(C)(NC)C(=O)O)CC1CC1. The van der Waals surface area contributed by atoms with Crippen LogP contribution in [0.4, 0.5) is 0 Å². The van der Waals surface area contributed by atoms with Crippen LogP contribution in [0.5, 0.6) is 0 Å². The number of hydrogen-bond acceptors (Lipinski definition) is 3. The smallest absolute Gasteiger partial charge is 0.323 e. The van der Waals surface area contributed by atoms with Crippen LogP contribution in [-0.2, 0) is 4.79 Å². The topological polar surface area (TPSA) is 52.6 Å². The lowest BCUT2D eigenvalue weighted by atomic mass is 9.95. The van der Waals surface area contributed by atoms with Gasteiger partial charge in [-0.1, -0.05) is 6.92 Å². The van der Waals surface area contributed by atoms with Crippen molar-refractivity contribution in [2.45, 2.75) is 51.5 Å². The van der Waals surface area contributed by atoms with E-state index < -0.39 is 11.5 Å². The van der Waals surface area contributed by atoms with Crippen molar-refractivity contribution < 1.29 is 9.90 Å². The van der Waals surface area contributed by atoms with Gasteiger partial charge >= 0.3 is 5.97 Å². The standard InChI is InChI=1S/C14H28N2O2/c1-4-16(11-12-7-8-12)10-6-5-9-14(2,15-3)13(17)18/h12,15H,4-11H2,1-3H3,(H,17,18). The van der Waals surface area contributed by atoms with E-state index >= 15 is 0 Å². The van der Waals surface area contributed by atoms with E-state index in [0.717, 1.165) is 31.8 Å². The molecule has 1 saturated carbocycles. The number of nitrogens with one attached hydrogen (secondary N) is 1. The van der Waals surface area contributed by atoms with Gasteiger partial charge in [-0.2, -0.15) is 0 Å². The van der Waals surface area contributed by atoms with Gasteiger partial charge in [-0.15, -0.1) is 0 Å². The number of carbonyl (C=O) groups is 1. The van der Waals surface area contributed by atoms with Crippen LogP contribution in [0.25, 0.3) is 0 Å². The molecule has 1 aliphatic rings. The molecule has 2 N–H and O–H groups in total. The van der Waals surface area contributed by atoms with Gasteiger partial charge in [0, 0.05) is 6.54 Å². The highest BCUT2D eigenvalue weighted by Gasteiger charge is 2.30. The van der Waals surface area contributed by atoms with Gasteiger partial charge in [-0.05, 0) is 65.1 Å². The lowest BCUT2D eigenvalue weighted by Gasteiger charge is -2.25. The molecule has 0 radical (unpaired) electrons. The number of unbranched alkanes of at least 4 members (excludes halogenated alkanes) is 1. The molecule has 18 heavy (non-hydrogen) atoms. The maximum absolute atomic E-state index is 11.1. The molecule has 1 aliphatic carbocycles. The number of carboxylic acid groups (broad SMARTS) is 1. The average molecular weight is 256 g/mol. The van der Waals surface area contributed by atoms with Crippen molar-refractivity contribution in [3.05, 3.63) is 0 Å². The Morgan fingerprint density at radius 1 is 1.44 bits per heavy atom. The Morgan fingerprint density at radius 2 is 2.11 bits per heavy atom. The van der Waals surface area contributed by atoms with Crippen LogP contribution >= 0.6 is 0 Å². The number of rotatable bonds is 10. The van der Waals surface area contributed by atoms with E-state index in [1.807, 2.05) is 0 Å². The fraction of sp³-hybridized carbons (Fsp3) is 0.929. The average Bonchev–Trinajstić information content (AvgIpc) is 3.16. The van der Waals surface area contributed by atoms with Crippen molar-refractivity contribution in [1.82, 2.24) is 10.2 Å². The van der Waals surface area contributed by atoms with Gasteiger partial charge in [0.25, 0.3) is 0 Å². The zero-order valence-corrected chi connectivity index (χ0v) is 12.0. The number of aliphatic carboxylic acids is 1. The Labute approximate surface area is 111 Å². The first-order valence-corrected chi connectivity index (χ1v) is 7.16. The third kappa shape index (κ3) is 4.94. The first-order chi connectivity index (χ1) is 8.51. The first-order valence-electron chi connectivity index (χ1n) is 7.16. The van der Waals surface area contributed by atoms with Gasteiger partial charge in [0.15, 0.2) is 0 Å². The summed E-state index contributed by atoms with van der Waals surface area (Å²) in [5.41, 5.74) is -0.770. The second kappa shape index (κ2) is 7.10. The fourth-order valence-electron chi connectivity index (χ4n) is 2.20. The van der Waals surface area contributed by atoms with Crippen LogP contribution < -0.4 is 5.32 Å². The Balaban J connectivity index is 2.17. The highest BCUT2D eigenvalue weighted by atomic mass is 16.4. The van der Waals surface area contributed by atoms with Crippen LogP contribution in [0.3, 0.4) is 0 Å². The molecular weight excluding hydrogens is 228 g/mol. The number of likely N-dealkylation sites (N-methyl/N-ethyl adjacent to an activating group) is 1. The van der Waals surface area contributed by atoms with Crippen LogP contribution in [0.15, 0.2) is 0 Å². The Morgan fingerprint density at radius 3 is 2.56 bits per heavy atom. The summed E-state index contributed by atoms with van der Waals surface area (Å²) in [7, 11) is 1.72. The maximum Gasteiger partial charge on any atom is 0.323 e. The van der Waals surface area contributed by atoms with E-state index in [2.05, 4.69) is 17.1 Å². The predicted molar refractivity (Wildman–Crippen MR) is 73.8 cm³/mol. The summed E-state index contributed by atoms with van der Waals surface area (Å²) in [6.45, 7) is 7.42. The molecule has 0 heterocycles. The minimum Gasteiger partial charge on any atom is -0.480 e. The monoisotopic (exact) mass is 256 g/mol. The normalized spacial score (nSPS) is 18.9. The largest absolute Gasteiger partial charge is 0.480 e. The highest BCUT2D eigenvalue weighted by molar-refractivity contribution is 5.78. The van der Waals surface area contributed by atoms with E-state index in [1.54, 1.807) is 14.0 Å². The molecule has 4 heteroatoms. The minimum atomic E-state index is -0.770. The Kier molecular flexibility index (Phi) is 6.09. The van der Waals surface area contributed by atoms with E-state index in [9.17, 15) is 4.79 Å². The highest BCUT2D eigenvalue weighted by Crippen LogP contribution is 2.29. The number of nitrogens with zero attached hydrogens (tertiary/aromatic N) is 1. The van der Waals surface area contributed by atoms with Crippen molar-refractivity contribution in [1.29, 1.82) is 0 Å². The summed E-state index contributed by atoms with van der Waals surface area (Å²) in [6.07, 6.45) is 5.54. The molecule has 0 spiro atoms. The molecule has 0 aromatic carbocycles. The molecule has 0 saturated heterocycles. The zero-order valence-electron chi connectivity index (χ0n) is 12.0. The second-order valence-corrected chi connectivity index (χ2v) is 5.68. The Bertz CT molecular complexity index is 267. The molecule has 106 valence electrons. The Hall–Kier alpha value is -0.610. The number of hydrogen-bond donors (Lipinski definition) is 2. The van der Waals surface area contributed by atoms with Gasteiger partial charge in [0.1, 0.15) is 5.54 Å². The van der Waals surface area contributed by atoms with E-state index in [0.29, 0.717) is 6.42 Å². The number of carboxylic acids is 1. The summed E-state index contributed by atoms with van der Waals surface area (Å²) in [5, 5.41) is 12.1. The first kappa shape index (κ1) is 15.4. The molecule has 1 unspecified atom stereocenters. The van der Waals surface area contributed by atoms with Crippen molar-refractivity contribution in [2.75, 3.05) is 26.7 Å². The zero-order chi connectivity index (χ0) is 13.6. The van der Waals surface area contributed by atoms with Crippen molar-refractivity contribution >= 4 is 5.97 Å². The predicted octanol–water partition coefficient (Wildman–Crippen LogP) is 1.95. The van der Waals surface area contributed by atoms with Crippen LogP contribution in [0, 0.1) is 5.92 Å². The van der Waals surface area contributed by atoms with E-state index in [4.69, 9.17) is 5.11 Å². The molecule has 0 bridgehead atoms. The maximum atomic E-state index is 11.1. The lowest BCUT2D eigenvalue weighted by Crippen LogP contribution is -2.47. The lowest BCUT2D eigenvalue weighted by molar-refractivity contribution is -0.144. The summed E-state index contributed by atoms with van der Waals surface area (Å²) in [6, 6.07) is 0. The molecule has 1 rings (SSSR count). The fourth-order valence-corrected chi connectivity index (χ4v) is 2.20. The second-order valence-electron chi connectivity index (χ2n) is 5.68.